The highest BCUT2D eigenvalue weighted by atomic mass is 32.2. The Morgan fingerprint density at radius 1 is 1.17 bits per heavy atom. The van der Waals surface area contributed by atoms with Gasteiger partial charge in [-0.25, -0.2) is 0 Å². The summed E-state index contributed by atoms with van der Waals surface area (Å²) in [6, 6.07) is 10.8. The molecule has 0 aliphatic heterocycles. The average Bonchev–Trinajstić information content (AvgIpc) is 3.10. The molecule has 1 N–H and O–H groups in total. The summed E-state index contributed by atoms with van der Waals surface area (Å²) in [5, 5.41) is 14.4. The summed E-state index contributed by atoms with van der Waals surface area (Å²) in [7, 11) is 0. The van der Waals surface area contributed by atoms with Crippen LogP contribution in [0.2, 0.25) is 0 Å². The third-order valence-electron chi connectivity index (χ3n) is 3.74. The molecule has 11 heteroatoms. The van der Waals surface area contributed by atoms with Gasteiger partial charge in [0.1, 0.15) is 5.75 Å². The number of aromatic nitrogens is 4. The van der Waals surface area contributed by atoms with Crippen LogP contribution in [0.3, 0.4) is 0 Å². The number of hydrogen-bond donors (Lipinski definition) is 1. The molecule has 0 saturated heterocycles. The van der Waals surface area contributed by atoms with Gasteiger partial charge < -0.3 is 10.1 Å². The van der Waals surface area contributed by atoms with E-state index >= 15 is 0 Å². The lowest BCUT2D eigenvalue weighted by Crippen LogP contribution is -2.17. The van der Waals surface area contributed by atoms with Crippen molar-refractivity contribution >= 4 is 23.4 Å². The number of aryl methyl sites for hydroxylation is 2. The van der Waals surface area contributed by atoms with Gasteiger partial charge in [-0.2, -0.15) is 4.68 Å². The summed E-state index contributed by atoms with van der Waals surface area (Å²) in [5.74, 6) is -0.523. The number of nitrogens with one attached hydrogen (secondary N) is 1. The molecule has 0 fully saturated rings. The quantitative estimate of drug-likeness (QED) is 0.606. The smallest absolute Gasteiger partial charge is 0.406 e. The second kappa shape index (κ2) is 8.52. The number of alkyl halides is 3. The Morgan fingerprint density at radius 2 is 1.90 bits per heavy atom. The number of hydrogen-bond acceptors (Lipinski definition) is 6. The molecule has 0 spiro atoms. The molecule has 0 bridgehead atoms. The fraction of sp³-hybridized carbons (Fsp3) is 0.222. The maximum atomic E-state index is 12.3. The van der Waals surface area contributed by atoms with Crippen molar-refractivity contribution in [3.8, 4) is 11.4 Å². The van der Waals surface area contributed by atoms with Crippen molar-refractivity contribution in [3.63, 3.8) is 0 Å². The van der Waals surface area contributed by atoms with Crippen molar-refractivity contribution in [1.82, 2.24) is 20.2 Å². The van der Waals surface area contributed by atoms with E-state index in [0.717, 1.165) is 40.7 Å². The van der Waals surface area contributed by atoms with Crippen LogP contribution in [-0.4, -0.2) is 38.2 Å². The van der Waals surface area contributed by atoms with E-state index < -0.39 is 6.36 Å². The number of benzene rings is 2. The van der Waals surface area contributed by atoms with Crippen LogP contribution in [0.4, 0.5) is 18.9 Å². The predicted molar refractivity (Wildman–Crippen MR) is 101 cm³/mol. The van der Waals surface area contributed by atoms with E-state index in [-0.39, 0.29) is 17.4 Å². The zero-order valence-electron chi connectivity index (χ0n) is 15.4. The van der Waals surface area contributed by atoms with Gasteiger partial charge in [0, 0.05) is 5.69 Å². The van der Waals surface area contributed by atoms with Crippen molar-refractivity contribution in [1.29, 1.82) is 0 Å². The number of thioether (sulfide) groups is 1. The van der Waals surface area contributed by atoms with Crippen LogP contribution < -0.4 is 10.1 Å². The van der Waals surface area contributed by atoms with E-state index in [0.29, 0.717) is 10.8 Å². The van der Waals surface area contributed by atoms with E-state index in [9.17, 15) is 18.0 Å². The van der Waals surface area contributed by atoms with Crippen LogP contribution in [0.25, 0.3) is 5.69 Å². The summed E-state index contributed by atoms with van der Waals surface area (Å²) in [5.41, 5.74) is 3.21. The Morgan fingerprint density at radius 3 is 2.55 bits per heavy atom. The Balaban J connectivity index is 1.63. The number of tetrazole rings is 1. The highest BCUT2D eigenvalue weighted by Crippen LogP contribution is 2.25. The molecule has 3 rings (SSSR count). The molecule has 2 aromatic carbocycles. The number of carbonyl (C=O) groups is 1. The lowest BCUT2D eigenvalue weighted by Gasteiger charge is -2.10. The molecular formula is C18H16F3N5O2S. The summed E-state index contributed by atoms with van der Waals surface area (Å²) >= 11 is 1.10. The fourth-order valence-electron chi connectivity index (χ4n) is 2.49. The number of carbonyl (C=O) groups excluding carboxylic acids is 1. The van der Waals surface area contributed by atoms with Gasteiger partial charge in [-0.1, -0.05) is 29.5 Å². The number of anilines is 1. The van der Waals surface area contributed by atoms with E-state index in [1.165, 1.54) is 16.8 Å². The van der Waals surface area contributed by atoms with Crippen molar-refractivity contribution in [2.24, 2.45) is 0 Å². The lowest BCUT2D eigenvalue weighted by molar-refractivity contribution is -0.274. The van der Waals surface area contributed by atoms with Gasteiger partial charge >= 0.3 is 6.36 Å². The number of ether oxygens (including phenoxy) is 1. The first-order chi connectivity index (χ1) is 13.7. The monoisotopic (exact) mass is 423 g/mol. The predicted octanol–water partition coefficient (Wildman–Crippen LogP) is 3.91. The molecular weight excluding hydrogens is 407 g/mol. The van der Waals surface area contributed by atoms with Gasteiger partial charge in [0.15, 0.2) is 0 Å². The molecule has 0 unspecified atom stereocenters. The minimum atomic E-state index is -4.76. The number of halogens is 3. The highest BCUT2D eigenvalue weighted by molar-refractivity contribution is 7.99. The summed E-state index contributed by atoms with van der Waals surface area (Å²) in [4.78, 5) is 12.2. The first kappa shape index (κ1) is 20.6. The fourth-order valence-corrected chi connectivity index (χ4v) is 3.18. The van der Waals surface area contributed by atoms with Crippen LogP contribution in [0.5, 0.6) is 5.75 Å². The maximum Gasteiger partial charge on any atom is 0.573 e. The zero-order valence-corrected chi connectivity index (χ0v) is 16.2. The number of rotatable bonds is 6. The maximum absolute atomic E-state index is 12.3. The van der Waals surface area contributed by atoms with Crippen LogP contribution in [0.15, 0.2) is 47.6 Å². The molecule has 0 radical (unpaired) electrons. The molecule has 0 aliphatic rings. The van der Waals surface area contributed by atoms with E-state index in [1.807, 2.05) is 32.0 Å². The first-order valence-electron chi connectivity index (χ1n) is 8.36. The van der Waals surface area contributed by atoms with Gasteiger partial charge in [-0.15, -0.1) is 18.3 Å². The van der Waals surface area contributed by atoms with E-state index in [1.54, 1.807) is 0 Å². The van der Waals surface area contributed by atoms with Crippen molar-refractivity contribution in [2.45, 2.75) is 25.4 Å². The largest absolute Gasteiger partial charge is 0.573 e. The van der Waals surface area contributed by atoms with Gasteiger partial charge in [-0.05, 0) is 60.2 Å². The Bertz CT molecular complexity index is 1010. The Hall–Kier alpha value is -3.08. The lowest BCUT2D eigenvalue weighted by atomic mass is 10.1. The standard InChI is InChI=1S/C18H16F3N5O2S/c1-11-3-8-15(12(2)9-11)22-16(27)10-29-17-23-24-25-26(17)13-4-6-14(7-5-13)28-18(19,20)21/h3-9H,10H2,1-2H3,(H,22,27). The third kappa shape index (κ3) is 5.70. The highest BCUT2D eigenvalue weighted by Gasteiger charge is 2.31. The minimum Gasteiger partial charge on any atom is -0.406 e. The molecule has 1 amide bonds. The summed E-state index contributed by atoms with van der Waals surface area (Å²) in [6.07, 6.45) is -4.76. The van der Waals surface area contributed by atoms with E-state index in [2.05, 4.69) is 25.6 Å². The van der Waals surface area contributed by atoms with Crippen LogP contribution >= 0.6 is 11.8 Å². The molecule has 0 atom stereocenters. The topological polar surface area (TPSA) is 81.9 Å². The van der Waals surface area contributed by atoms with Gasteiger partial charge in [0.2, 0.25) is 11.1 Å². The molecule has 0 saturated carbocycles. The molecule has 3 aromatic rings. The normalized spacial score (nSPS) is 11.3. The Labute approximate surface area is 168 Å². The molecule has 7 nitrogen and oxygen atoms in total. The molecule has 0 aliphatic carbocycles. The summed E-state index contributed by atoms with van der Waals surface area (Å²) in [6.45, 7) is 3.87. The number of nitrogens with zero attached hydrogens (tertiary/aromatic N) is 4. The van der Waals surface area contributed by atoms with Gasteiger partial charge in [0.05, 0.1) is 11.4 Å². The van der Waals surface area contributed by atoms with Crippen molar-refractivity contribution in [3.05, 3.63) is 53.6 Å². The second-order valence-electron chi connectivity index (χ2n) is 6.07. The van der Waals surface area contributed by atoms with Crippen molar-refractivity contribution < 1.29 is 22.7 Å². The van der Waals surface area contributed by atoms with Crippen LogP contribution in [-0.2, 0) is 4.79 Å². The molecule has 29 heavy (non-hydrogen) atoms. The average molecular weight is 423 g/mol. The zero-order chi connectivity index (χ0) is 21.0. The minimum absolute atomic E-state index is 0.0585. The second-order valence-corrected chi connectivity index (χ2v) is 7.01. The molecule has 1 aromatic heterocycles. The van der Waals surface area contributed by atoms with Crippen LogP contribution in [0.1, 0.15) is 11.1 Å². The number of amides is 1. The van der Waals surface area contributed by atoms with Crippen molar-refractivity contribution in [2.75, 3.05) is 11.1 Å². The van der Waals surface area contributed by atoms with E-state index in [4.69, 9.17) is 0 Å². The first-order valence-corrected chi connectivity index (χ1v) is 9.34. The van der Waals surface area contributed by atoms with Gasteiger partial charge in [0.25, 0.3) is 0 Å². The van der Waals surface area contributed by atoms with Crippen LogP contribution in [0, 0.1) is 13.8 Å². The van der Waals surface area contributed by atoms with Gasteiger partial charge in [-0.3, -0.25) is 4.79 Å². The SMILES string of the molecule is Cc1ccc(NC(=O)CSc2nnnn2-c2ccc(OC(F)(F)F)cc2)c(C)c1. The third-order valence-corrected chi connectivity index (χ3v) is 4.66. The summed E-state index contributed by atoms with van der Waals surface area (Å²) < 4.78 is 41.9. The molecule has 1 heterocycles. The Kier molecular flexibility index (Phi) is 6.06. The molecule has 152 valence electrons.